The Morgan fingerprint density at radius 3 is 2.17 bits per heavy atom. The van der Waals surface area contributed by atoms with E-state index < -0.39 is 23.4 Å². The van der Waals surface area contributed by atoms with Crippen LogP contribution in [0.4, 0.5) is 8.78 Å². The summed E-state index contributed by atoms with van der Waals surface area (Å²) < 4.78 is 33.1. The van der Waals surface area contributed by atoms with E-state index in [9.17, 15) is 13.6 Å². The Labute approximate surface area is 106 Å². The van der Waals surface area contributed by atoms with Crippen molar-refractivity contribution in [1.82, 2.24) is 5.32 Å². The van der Waals surface area contributed by atoms with Gasteiger partial charge >= 0.3 is 5.97 Å². The fourth-order valence-electron chi connectivity index (χ4n) is 2.88. The van der Waals surface area contributed by atoms with Gasteiger partial charge in [0.15, 0.2) is 0 Å². The minimum absolute atomic E-state index is 0.228. The molecule has 0 aromatic rings. The molecule has 1 heterocycles. The molecule has 3 nitrogen and oxygen atoms in total. The monoisotopic (exact) mass is 261 g/mol. The fraction of sp³-hybridized carbons (Fsp3) is 0.923. The molecule has 0 aromatic carbocycles. The van der Waals surface area contributed by atoms with Gasteiger partial charge in [0.05, 0.1) is 5.92 Å². The van der Waals surface area contributed by atoms with Crippen molar-refractivity contribution in [3.8, 4) is 0 Å². The zero-order chi connectivity index (χ0) is 13.6. The van der Waals surface area contributed by atoms with Crippen LogP contribution in [0.25, 0.3) is 0 Å². The Bertz CT molecular complexity index is 322. The number of piperidine rings is 1. The highest BCUT2D eigenvalue weighted by atomic mass is 19.3. The summed E-state index contributed by atoms with van der Waals surface area (Å²) in [5.41, 5.74) is -0.551. The van der Waals surface area contributed by atoms with Gasteiger partial charge in [0.2, 0.25) is 0 Å². The maximum atomic E-state index is 13.9. The number of hydrogen-bond acceptors (Lipinski definition) is 3. The Morgan fingerprint density at radius 1 is 1.22 bits per heavy atom. The van der Waals surface area contributed by atoms with Crippen LogP contribution < -0.4 is 5.32 Å². The summed E-state index contributed by atoms with van der Waals surface area (Å²) in [5.74, 6) is -4.80. The summed E-state index contributed by atoms with van der Waals surface area (Å²) in [4.78, 5) is 12.0. The van der Waals surface area contributed by atoms with Crippen LogP contribution in [-0.4, -0.2) is 30.6 Å². The highest BCUT2D eigenvalue weighted by Crippen LogP contribution is 2.47. The van der Waals surface area contributed by atoms with E-state index in [1.807, 2.05) is 0 Å². The smallest absolute Gasteiger partial charge is 0.309 e. The first-order chi connectivity index (χ1) is 8.20. The Morgan fingerprint density at radius 2 is 1.72 bits per heavy atom. The van der Waals surface area contributed by atoms with Crippen LogP contribution >= 0.6 is 0 Å². The van der Waals surface area contributed by atoms with E-state index in [0.717, 1.165) is 0 Å². The first-order valence-corrected chi connectivity index (χ1v) is 6.51. The molecule has 5 heteroatoms. The van der Waals surface area contributed by atoms with Gasteiger partial charge < -0.3 is 10.1 Å². The van der Waals surface area contributed by atoms with E-state index in [1.165, 1.54) is 0 Å². The molecule has 2 aliphatic rings. The summed E-state index contributed by atoms with van der Waals surface area (Å²) in [6.07, 6.45) is 0.455. The lowest BCUT2D eigenvalue weighted by atomic mass is 9.70. The van der Waals surface area contributed by atoms with Crippen molar-refractivity contribution in [3.05, 3.63) is 0 Å². The van der Waals surface area contributed by atoms with Gasteiger partial charge in [-0.2, -0.15) is 0 Å². The second kappa shape index (κ2) is 4.44. The lowest BCUT2D eigenvalue weighted by Gasteiger charge is -2.45. The number of rotatable bonds is 1. The normalized spacial score (nSPS) is 35.1. The summed E-state index contributed by atoms with van der Waals surface area (Å²) in [6, 6.07) is 0. The number of carbonyl (C=O) groups is 1. The largest absolute Gasteiger partial charge is 0.460 e. The maximum Gasteiger partial charge on any atom is 0.309 e. The molecule has 1 aliphatic carbocycles. The Kier molecular flexibility index (Phi) is 3.38. The van der Waals surface area contributed by atoms with Crippen LogP contribution in [0.2, 0.25) is 0 Å². The molecule has 1 N–H and O–H groups in total. The van der Waals surface area contributed by atoms with Gasteiger partial charge in [0, 0.05) is 24.9 Å². The molecule has 1 aliphatic heterocycles. The van der Waals surface area contributed by atoms with Gasteiger partial charge in [-0.25, -0.2) is 8.78 Å². The van der Waals surface area contributed by atoms with E-state index in [1.54, 1.807) is 20.8 Å². The molecular weight excluding hydrogens is 240 g/mol. The number of ether oxygens (including phenoxy) is 1. The van der Waals surface area contributed by atoms with Crippen molar-refractivity contribution >= 4 is 5.97 Å². The van der Waals surface area contributed by atoms with Gasteiger partial charge in [-0.3, -0.25) is 4.79 Å². The minimum atomic E-state index is -2.64. The van der Waals surface area contributed by atoms with Crippen molar-refractivity contribution < 1.29 is 18.3 Å². The third-order valence-corrected chi connectivity index (χ3v) is 3.75. The second-order valence-electron chi connectivity index (χ2n) is 6.43. The molecule has 2 unspecified atom stereocenters. The standard InChI is InChI=1S/C13H21F2NO2/c1-12(2,3)18-11(17)8-4-9-6-16-7-10(5-8)13(9,14)15/h8-10,16H,4-7H2,1-3H3. The summed E-state index contributed by atoms with van der Waals surface area (Å²) >= 11 is 0. The summed E-state index contributed by atoms with van der Waals surface area (Å²) in [5, 5.41) is 3.02. The van der Waals surface area contributed by atoms with Gasteiger partial charge in [-0.15, -0.1) is 0 Å². The van der Waals surface area contributed by atoms with Crippen LogP contribution in [0.3, 0.4) is 0 Å². The summed E-state index contributed by atoms with van der Waals surface area (Å²) in [6.45, 7) is 5.98. The molecule has 0 spiro atoms. The molecule has 0 amide bonds. The molecule has 1 saturated carbocycles. The fourth-order valence-corrected chi connectivity index (χ4v) is 2.88. The molecule has 2 atom stereocenters. The third kappa shape index (κ3) is 2.66. The third-order valence-electron chi connectivity index (χ3n) is 3.75. The van der Waals surface area contributed by atoms with Gasteiger partial charge in [-0.1, -0.05) is 0 Å². The molecule has 2 bridgehead atoms. The highest BCUT2D eigenvalue weighted by Gasteiger charge is 2.55. The lowest BCUT2D eigenvalue weighted by molar-refractivity contribution is -0.181. The minimum Gasteiger partial charge on any atom is -0.460 e. The van der Waals surface area contributed by atoms with E-state index >= 15 is 0 Å². The Balaban J connectivity index is 2.04. The molecule has 0 radical (unpaired) electrons. The Hall–Kier alpha value is -0.710. The molecular formula is C13H21F2NO2. The number of halogens is 2. The predicted octanol–water partition coefficient (Wildman–Crippen LogP) is 2.21. The first-order valence-electron chi connectivity index (χ1n) is 6.51. The summed E-state index contributed by atoms with van der Waals surface area (Å²) in [7, 11) is 0. The molecule has 2 fully saturated rings. The molecule has 0 aromatic heterocycles. The van der Waals surface area contributed by atoms with E-state index in [4.69, 9.17) is 4.74 Å². The average Bonchev–Trinajstić information content (AvgIpc) is 2.11. The predicted molar refractivity (Wildman–Crippen MR) is 63.4 cm³/mol. The van der Waals surface area contributed by atoms with Crippen molar-refractivity contribution in [2.45, 2.75) is 45.1 Å². The van der Waals surface area contributed by atoms with Crippen LogP contribution in [0.1, 0.15) is 33.6 Å². The molecule has 104 valence electrons. The number of nitrogens with one attached hydrogen (secondary N) is 1. The number of carbonyl (C=O) groups excluding carboxylic acids is 1. The zero-order valence-corrected chi connectivity index (χ0v) is 11.1. The first kappa shape index (κ1) is 13.7. The quantitative estimate of drug-likeness (QED) is 0.735. The van der Waals surface area contributed by atoms with Crippen LogP contribution in [-0.2, 0) is 9.53 Å². The van der Waals surface area contributed by atoms with Crippen molar-refractivity contribution in [3.63, 3.8) is 0 Å². The zero-order valence-electron chi connectivity index (χ0n) is 11.1. The average molecular weight is 261 g/mol. The number of esters is 1. The lowest BCUT2D eigenvalue weighted by Crippen LogP contribution is -2.56. The van der Waals surface area contributed by atoms with E-state index in [0.29, 0.717) is 13.1 Å². The topological polar surface area (TPSA) is 38.3 Å². The van der Waals surface area contributed by atoms with E-state index in [-0.39, 0.29) is 24.7 Å². The van der Waals surface area contributed by atoms with Crippen LogP contribution in [0.15, 0.2) is 0 Å². The number of alkyl halides is 2. The SMILES string of the molecule is CC(C)(C)OC(=O)C1CC2CNCC(C1)C2(F)F. The molecule has 2 rings (SSSR count). The van der Waals surface area contributed by atoms with Crippen LogP contribution in [0.5, 0.6) is 0 Å². The van der Waals surface area contributed by atoms with Crippen molar-refractivity contribution in [2.24, 2.45) is 17.8 Å². The molecule has 18 heavy (non-hydrogen) atoms. The van der Waals surface area contributed by atoms with Crippen molar-refractivity contribution in [1.29, 1.82) is 0 Å². The van der Waals surface area contributed by atoms with Gasteiger partial charge in [0.25, 0.3) is 5.92 Å². The van der Waals surface area contributed by atoms with Gasteiger partial charge in [-0.05, 0) is 33.6 Å². The van der Waals surface area contributed by atoms with Crippen LogP contribution in [0, 0.1) is 17.8 Å². The van der Waals surface area contributed by atoms with E-state index in [2.05, 4.69) is 5.32 Å². The van der Waals surface area contributed by atoms with Gasteiger partial charge in [0.1, 0.15) is 5.60 Å². The van der Waals surface area contributed by atoms with Crippen molar-refractivity contribution in [2.75, 3.05) is 13.1 Å². The molecule has 1 saturated heterocycles. The number of hydrogen-bond donors (Lipinski definition) is 1. The number of fused-ring (bicyclic) bond motifs is 2. The second-order valence-corrected chi connectivity index (χ2v) is 6.43. The maximum absolute atomic E-state index is 13.9. The highest BCUT2D eigenvalue weighted by molar-refractivity contribution is 5.73.